The Balaban J connectivity index is 2.13. The van der Waals surface area contributed by atoms with E-state index in [0.29, 0.717) is 11.4 Å². The Morgan fingerprint density at radius 3 is 3.00 bits per heavy atom. The molecule has 0 aliphatic rings. The van der Waals surface area contributed by atoms with Gasteiger partial charge < -0.3 is 14.3 Å². The maximum atomic E-state index is 8.82. The Morgan fingerprint density at radius 2 is 2.31 bits per heavy atom. The zero-order chi connectivity index (χ0) is 11.4. The number of benzene rings is 1. The second kappa shape index (κ2) is 4.81. The van der Waals surface area contributed by atoms with Crippen molar-refractivity contribution in [1.82, 2.24) is 4.98 Å². The van der Waals surface area contributed by atoms with Gasteiger partial charge in [-0.05, 0) is 24.1 Å². The van der Waals surface area contributed by atoms with Crippen LogP contribution in [0.5, 0.6) is 11.8 Å². The molecule has 1 N–H and O–H groups in total. The van der Waals surface area contributed by atoms with E-state index >= 15 is 0 Å². The Labute approximate surface area is 93.5 Å². The molecule has 0 saturated heterocycles. The summed E-state index contributed by atoms with van der Waals surface area (Å²) in [5.41, 5.74) is 1.65. The van der Waals surface area contributed by atoms with Crippen molar-refractivity contribution in [3.05, 3.63) is 41.8 Å². The average Bonchev–Trinajstić information content (AvgIpc) is 2.77. The highest BCUT2D eigenvalue weighted by atomic mass is 16.6. The molecule has 0 radical (unpaired) electrons. The van der Waals surface area contributed by atoms with Crippen molar-refractivity contribution in [3.8, 4) is 11.8 Å². The van der Waals surface area contributed by atoms with E-state index < -0.39 is 0 Å². The number of rotatable bonds is 4. The number of aliphatic hydroxyl groups excluding tert-OH is 1. The lowest BCUT2D eigenvalue weighted by molar-refractivity contribution is 0.276. The number of aromatic nitrogens is 1. The van der Waals surface area contributed by atoms with Crippen molar-refractivity contribution in [2.75, 3.05) is 0 Å². The Hall–Kier alpha value is -1.81. The molecule has 84 valence electrons. The van der Waals surface area contributed by atoms with Crippen molar-refractivity contribution >= 4 is 0 Å². The predicted octanol–water partition coefficient (Wildman–Crippen LogP) is 2.52. The number of oxazole rings is 1. The van der Waals surface area contributed by atoms with Crippen LogP contribution in [0.25, 0.3) is 0 Å². The zero-order valence-corrected chi connectivity index (χ0v) is 9.01. The molecule has 0 aliphatic carbocycles. The SMILES string of the molecule is CCc1cccc(Oc2nc(CO)co2)c1. The van der Waals surface area contributed by atoms with Crippen LogP contribution < -0.4 is 4.74 Å². The molecule has 2 rings (SSSR count). The van der Waals surface area contributed by atoms with E-state index in [2.05, 4.69) is 11.9 Å². The van der Waals surface area contributed by atoms with Gasteiger partial charge in [-0.15, -0.1) is 0 Å². The third-order valence-electron chi connectivity index (χ3n) is 2.20. The highest BCUT2D eigenvalue weighted by molar-refractivity contribution is 5.30. The number of aryl methyl sites for hydroxylation is 1. The standard InChI is InChI=1S/C12H13NO3/c1-2-9-4-3-5-11(6-9)16-12-13-10(7-14)8-15-12/h3-6,8,14H,2,7H2,1H3. The summed E-state index contributed by atoms with van der Waals surface area (Å²) in [4.78, 5) is 3.94. The third-order valence-corrected chi connectivity index (χ3v) is 2.20. The molecule has 0 aliphatic heterocycles. The van der Waals surface area contributed by atoms with E-state index in [1.54, 1.807) is 0 Å². The van der Waals surface area contributed by atoms with Crippen LogP contribution in [0.3, 0.4) is 0 Å². The van der Waals surface area contributed by atoms with Gasteiger partial charge in [-0.2, -0.15) is 4.98 Å². The van der Waals surface area contributed by atoms with Crippen LogP contribution in [0, 0.1) is 0 Å². The van der Waals surface area contributed by atoms with E-state index in [1.165, 1.54) is 11.8 Å². The molecule has 1 aromatic heterocycles. The molecule has 0 unspecified atom stereocenters. The molecule has 2 aromatic rings. The maximum Gasteiger partial charge on any atom is 0.399 e. The molecule has 1 aromatic carbocycles. The summed E-state index contributed by atoms with van der Waals surface area (Å²) >= 11 is 0. The van der Waals surface area contributed by atoms with Crippen LogP contribution in [-0.4, -0.2) is 10.1 Å². The molecule has 16 heavy (non-hydrogen) atoms. The maximum absolute atomic E-state index is 8.82. The third kappa shape index (κ3) is 2.41. The van der Waals surface area contributed by atoms with Crippen LogP contribution >= 0.6 is 0 Å². The van der Waals surface area contributed by atoms with Gasteiger partial charge in [0.15, 0.2) is 0 Å². The molecule has 0 spiro atoms. The lowest BCUT2D eigenvalue weighted by Gasteiger charge is -2.02. The first-order valence-corrected chi connectivity index (χ1v) is 5.14. The molecule has 4 nitrogen and oxygen atoms in total. The largest absolute Gasteiger partial charge is 0.417 e. The van der Waals surface area contributed by atoms with Gasteiger partial charge in [0.05, 0.1) is 6.61 Å². The molecule has 0 atom stereocenters. The highest BCUT2D eigenvalue weighted by Gasteiger charge is 2.05. The number of ether oxygens (including phenoxy) is 1. The van der Waals surface area contributed by atoms with Crippen LogP contribution in [0.4, 0.5) is 0 Å². The van der Waals surface area contributed by atoms with E-state index in [1.807, 2.05) is 24.3 Å². The minimum Gasteiger partial charge on any atom is -0.417 e. The number of hydrogen-bond donors (Lipinski definition) is 1. The molecule has 0 fully saturated rings. The Bertz CT molecular complexity index is 465. The first-order chi connectivity index (χ1) is 7.81. The van der Waals surface area contributed by atoms with Gasteiger partial charge in [-0.3, -0.25) is 0 Å². The van der Waals surface area contributed by atoms with Crippen LogP contribution in [-0.2, 0) is 13.0 Å². The average molecular weight is 219 g/mol. The molecule has 1 heterocycles. The van der Waals surface area contributed by atoms with Gasteiger partial charge in [0.1, 0.15) is 17.7 Å². The monoisotopic (exact) mass is 219 g/mol. The highest BCUT2D eigenvalue weighted by Crippen LogP contribution is 2.21. The second-order valence-corrected chi connectivity index (χ2v) is 3.37. The second-order valence-electron chi connectivity index (χ2n) is 3.37. The molecular formula is C12H13NO3. The van der Waals surface area contributed by atoms with Crippen molar-refractivity contribution in [3.63, 3.8) is 0 Å². The quantitative estimate of drug-likeness (QED) is 0.858. The van der Waals surface area contributed by atoms with Gasteiger partial charge >= 0.3 is 6.08 Å². The summed E-state index contributed by atoms with van der Waals surface area (Å²) in [7, 11) is 0. The fourth-order valence-electron chi connectivity index (χ4n) is 1.34. The van der Waals surface area contributed by atoms with E-state index in [9.17, 15) is 0 Å². The van der Waals surface area contributed by atoms with Crippen molar-refractivity contribution in [2.45, 2.75) is 20.0 Å². The summed E-state index contributed by atoms with van der Waals surface area (Å²) in [6, 6.07) is 7.72. The molecule has 0 bridgehead atoms. The summed E-state index contributed by atoms with van der Waals surface area (Å²) in [6.45, 7) is 1.93. The molecule has 0 amide bonds. The summed E-state index contributed by atoms with van der Waals surface area (Å²) in [6.07, 6.45) is 2.47. The topological polar surface area (TPSA) is 55.5 Å². The van der Waals surface area contributed by atoms with E-state index in [4.69, 9.17) is 14.3 Å². The van der Waals surface area contributed by atoms with Gasteiger partial charge in [-0.1, -0.05) is 19.1 Å². The first-order valence-electron chi connectivity index (χ1n) is 5.14. The Morgan fingerprint density at radius 1 is 1.44 bits per heavy atom. The summed E-state index contributed by atoms with van der Waals surface area (Å²) in [5.74, 6) is 0.686. The summed E-state index contributed by atoms with van der Waals surface area (Å²) < 4.78 is 10.5. The van der Waals surface area contributed by atoms with Crippen molar-refractivity contribution in [1.29, 1.82) is 0 Å². The van der Waals surface area contributed by atoms with E-state index in [-0.39, 0.29) is 12.7 Å². The number of aliphatic hydroxyl groups is 1. The lowest BCUT2D eigenvalue weighted by atomic mass is 10.2. The lowest BCUT2D eigenvalue weighted by Crippen LogP contribution is -1.87. The van der Waals surface area contributed by atoms with Gasteiger partial charge in [0, 0.05) is 0 Å². The normalized spacial score (nSPS) is 10.4. The first kappa shape index (κ1) is 10.7. The number of nitrogens with zero attached hydrogens (tertiary/aromatic N) is 1. The molecule has 4 heteroatoms. The summed E-state index contributed by atoms with van der Waals surface area (Å²) in [5, 5.41) is 8.82. The fourth-order valence-corrected chi connectivity index (χ4v) is 1.34. The Kier molecular flexibility index (Phi) is 3.22. The molecular weight excluding hydrogens is 206 g/mol. The smallest absolute Gasteiger partial charge is 0.399 e. The van der Waals surface area contributed by atoms with Gasteiger partial charge in [-0.25, -0.2) is 0 Å². The fraction of sp³-hybridized carbons (Fsp3) is 0.250. The number of hydrogen-bond acceptors (Lipinski definition) is 4. The minimum atomic E-state index is -0.151. The van der Waals surface area contributed by atoms with Crippen LogP contribution in [0.2, 0.25) is 0 Å². The van der Waals surface area contributed by atoms with Crippen LogP contribution in [0.1, 0.15) is 18.2 Å². The van der Waals surface area contributed by atoms with Gasteiger partial charge in [0.25, 0.3) is 0 Å². The predicted molar refractivity (Wildman–Crippen MR) is 58.3 cm³/mol. The van der Waals surface area contributed by atoms with Crippen molar-refractivity contribution in [2.24, 2.45) is 0 Å². The van der Waals surface area contributed by atoms with Crippen LogP contribution in [0.15, 0.2) is 34.9 Å². The minimum absolute atomic E-state index is 0.150. The van der Waals surface area contributed by atoms with Gasteiger partial charge in [0.2, 0.25) is 0 Å². The van der Waals surface area contributed by atoms with Crippen molar-refractivity contribution < 1.29 is 14.3 Å². The van der Waals surface area contributed by atoms with E-state index in [0.717, 1.165) is 6.42 Å². The molecule has 0 saturated carbocycles. The zero-order valence-electron chi connectivity index (χ0n) is 9.01.